The van der Waals surface area contributed by atoms with Gasteiger partial charge < -0.3 is 0 Å². The van der Waals surface area contributed by atoms with Crippen LogP contribution in [0.25, 0.3) is 44.5 Å². The van der Waals surface area contributed by atoms with Gasteiger partial charge in [-0.15, -0.1) is 0 Å². The summed E-state index contributed by atoms with van der Waals surface area (Å²) in [5.41, 5.74) is -5.33. The van der Waals surface area contributed by atoms with Crippen LogP contribution in [0.3, 0.4) is 0 Å². The first-order chi connectivity index (χ1) is 35.1. The van der Waals surface area contributed by atoms with Crippen molar-refractivity contribution in [2.75, 3.05) is 0 Å². The molecule has 0 aliphatic carbocycles. The first kappa shape index (κ1) is 47.5. The van der Waals surface area contributed by atoms with Crippen LogP contribution in [0, 0.1) is 0 Å². The Bertz CT molecular complexity index is 3760. The van der Waals surface area contributed by atoms with E-state index < -0.39 is 67.8 Å². The number of hydrogen-bond donors (Lipinski definition) is 0. The molecule has 0 fully saturated rings. The van der Waals surface area contributed by atoms with E-state index in [-0.39, 0.29) is 90.5 Å². The average Bonchev–Trinajstić information content (AvgIpc) is 4.09. The number of halogens is 13. The van der Waals surface area contributed by atoms with Crippen LogP contribution in [0.4, 0.5) is 64.3 Å². The Labute approximate surface area is 420 Å². The Morgan fingerprint density at radius 1 is 0.324 bits per heavy atom. The van der Waals surface area contributed by atoms with Gasteiger partial charge in [0.1, 0.15) is 0 Å². The molecule has 0 amide bonds. The fourth-order valence-corrected chi connectivity index (χ4v) is 17.1. The molecule has 0 radical (unpaired) electrons. The molecule has 0 saturated carbocycles. The van der Waals surface area contributed by atoms with Gasteiger partial charge in [0.05, 0.1) is 0 Å². The molecule has 8 nitrogen and oxygen atoms in total. The van der Waals surface area contributed by atoms with Gasteiger partial charge >= 0.3 is 422 Å². The van der Waals surface area contributed by atoms with Gasteiger partial charge in [-0.1, -0.05) is 0 Å². The summed E-state index contributed by atoms with van der Waals surface area (Å²) < 4.78 is 180. The Kier molecular flexibility index (Phi) is 10.7. The third kappa shape index (κ3) is 7.80. The molecule has 6 aromatic carbocycles. The summed E-state index contributed by atoms with van der Waals surface area (Å²) in [5, 5.41) is 0. The number of hydrogen-bond acceptors (Lipinski definition) is 6. The van der Waals surface area contributed by atoms with Crippen molar-refractivity contribution in [3.63, 3.8) is 0 Å². The van der Waals surface area contributed by atoms with Crippen molar-refractivity contribution in [1.82, 2.24) is 5.11 Å². The molecule has 0 spiro atoms. The van der Waals surface area contributed by atoms with E-state index in [1.165, 1.54) is 29.4 Å². The van der Waals surface area contributed by atoms with Crippen LogP contribution in [0.2, 0.25) is 0 Å². The average molecular weight is 1140 g/mol. The molecule has 0 atom stereocenters. The number of fused-ring (bicyclic) bond motifs is 8. The van der Waals surface area contributed by atoms with Crippen molar-refractivity contribution in [3.05, 3.63) is 201 Å². The number of aliphatic imine (C=N–C) groups is 4. The predicted molar refractivity (Wildman–Crippen MR) is 254 cm³/mol. The van der Waals surface area contributed by atoms with Crippen LogP contribution in [0.5, 0.6) is 0 Å². The molecule has 22 heteroatoms. The predicted octanol–water partition coefficient (Wildman–Crippen LogP) is 13.6. The van der Waals surface area contributed by atoms with Crippen molar-refractivity contribution in [3.8, 4) is 44.5 Å². The Hall–Kier alpha value is -7.52. The van der Waals surface area contributed by atoms with Crippen LogP contribution in [0.15, 0.2) is 176 Å². The molecule has 2 aromatic heterocycles. The van der Waals surface area contributed by atoms with Crippen LogP contribution in [-0.4, -0.2) is 49.3 Å². The van der Waals surface area contributed by atoms with Gasteiger partial charge in [-0.2, -0.15) is 0 Å². The first-order valence-electron chi connectivity index (χ1n) is 22.0. The third-order valence-corrected chi connectivity index (χ3v) is 20.6. The van der Waals surface area contributed by atoms with E-state index in [0.717, 1.165) is 72.8 Å². The number of aromatic nitrogens is 2. The minimum absolute atomic E-state index is 0.0986. The third-order valence-electron chi connectivity index (χ3n) is 12.7. The molecule has 12 rings (SSSR count). The van der Waals surface area contributed by atoms with Gasteiger partial charge in [0.2, 0.25) is 0 Å². The van der Waals surface area contributed by atoms with E-state index in [0.29, 0.717) is 22.3 Å². The van der Waals surface area contributed by atoms with Crippen molar-refractivity contribution in [1.29, 1.82) is 0 Å². The molecule has 366 valence electrons. The van der Waals surface area contributed by atoms with E-state index in [4.69, 9.17) is 38.5 Å². The van der Waals surface area contributed by atoms with E-state index in [9.17, 15) is 52.7 Å². The van der Waals surface area contributed by atoms with Gasteiger partial charge in [0, 0.05) is 0 Å². The summed E-state index contributed by atoms with van der Waals surface area (Å²) in [6.07, 6.45) is -19.7. The molecule has 0 saturated heterocycles. The van der Waals surface area contributed by atoms with Crippen LogP contribution in [-0.2, 0) is 24.7 Å². The molecule has 0 unspecified atom stereocenters. The summed E-state index contributed by atoms with van der Waals surface area (Å²) in [7, 11) is 8.10. The minimum atomic E-state index is -5.28. The summed E-state index contributed by atoms with van der Waals surface area (Å²) >= 11 is -5.28. The fraction of sp³-hybridized carbons (Fsp3) is 0.0769. The number of rotatable bonds is 4. The summed E-state index contributed by atoms with van der Waals surface area (Å²) in [6, 6.07) is 29.0. The number of alkyl halides is 12. The SMILES string of the molecule is FC(F)(F)c1cccc(-c2c(-c3cccc(C(F)(F)F)c3)c3[n]4c2N=C2N=C(N=c5c(-c6cccc(C(F)(F)F)c6)c(-c6cccc(C(F)(F)F)c6)c([n]5[In]4[Cl])=NC4=NC(=N3)c3ccccc34)c3ccccc32)c1. The maximum absolute atomic E-state index is 14.8. The van der Waals surface area contributed by atoms with Crippen LogP contribution >= 0.6 is 8.58 Å². The van der Waals surface area contributed by atoms with E-state index in [2.05, 4.69) is 0 Å². The maximum atomic E-state index is 14.8. The topological polar surface area (TPSA) is 84.0 Å². The monoisotopic (exact) mass is 1140 g/mol. The van der Waals surface area contributed by atoms with Crippen molar-refractivity contribution in [2.45, 2.75) is 24.7 Å². The number of benzene rings is 6. The van der Waals surface area contributed by atoms with Crippen LogP contribution in [0.1, 0.15) is 44.5 Å². The molecule has 6 heterocycles. The number of amidine groups is 4. The molecule has 6 bridgehead atoms. The molecule has 74 heavy (non-hydrogen) atoms. The van der Waals surface area contributed by atoms with Crippen molar-refractivity contribution < 1.29 is 52.7 Å². The zero-order valence-electron chi connectivity index (χ0n) is 36.9. The van der Waals surface area contributed by atoms with Gasteiger partial charge in [-0.05, 0) is 0 Å². The van der Waals surface area contributed by atoms with Gasteiger partial charge in [-0.3, -0.25) is 0 Å². The zero-order chi connectivity index (χ0) is 51.8. The first-order valence-corrected chi connectivity index (χ1v) is 29.1. The van der Waals surface area contributed by atoms with E-state index in [1.807, 2.05) is 0 Å². The van der Waals surface area contributed by atoms with Crippen molar-refractivity contribution in [2.24, 2.45) is 30.0 Å². The Balaban J connectivity index is 1.36. The molecular weight excluding hydrogens is 1110 g/mol. The Morgan fingerprint density at radius 3 is 0.905 bits per heavy atom. The molecular formula is C52H24ClF12InN8. The quantitative estimate of drug-likeness (QED) is 0.157. The summed E-state index contributed by atoms with van der Waals surface area (Å²) in [5.74, 6) is -0.882. The fourth-order valence-electron chi connectivity index (χ4n) is 9.52. The number of nitrogens with zero attached hydrogens (tertiary/aromatic N) is 8. The Morgan fingerprint density at radius 2 is 0.608 bits per heavy atom. The standard InChI is InChI=1S/C52H24F12N8.ClH.In/c53-49(54,55)29-13-5-9-25(21-29)37-38(26-10-6-14-30(22-26)50(56,57)58)47-69-43-35-19-3-4-20-36(35)44(66-43)70-48-40(28-12-8-16-32(24-28)52(62,63)64)39(27-11-7-15-31(23-27)51(59,60)61)46(72-48)68-42-34-18-2-1-17-33(34)41(65-42)67-45(37)71-47;;/h1-24H;1H;/q-2;;+3/p-1. The normalized spacial score (nSPS) is 14.8. The van der Waals surface area contributed by atoms with Crippen molar-refractivity contribution >= 4 is 64.4 Å². The van der Waals surface area contributed by atoms with E-state index >= 15 is 0 Å². The van der Waals surface area contributed by atoms with Crippen LogP contribution < -0.4 is 11.0 Å². The zero-order valence-corrected chi connectivity index (χ0v) is 41.0. The molecule has 4 aliphatic heterocycles. The molecule has 8 aromatic rings. The second kappa shape index (κ2) is 16.8. The van der Waals surface area contributed by atoms with E-state index in [1.54, 1.807) is 48.5 Å². The molecule has 0 N–H and O–H groups in total. The van der Waals surface area contributed by atoms with Gasteiger partial charge in [0.15, 0.2) is 0 Å². The second-order valence-electron chi connectivity index (χ2n) is 17.2. The summed E-state index contributed by atoms with van der Waals surface area (Å²) in [6.45, 7) is 0. The second-order valence-corrected chi connectivity index (χ2v) is 24.6. The van der Waals surface area contributed by atoms with Gasteiger partial charge in [0.25, 0.3) is 0 Å². The summed E-state index contributed by atoms with van der Waals surface area (Å²) in [4.78, 5) is 29.8. The molecule has 4 aliphatic rings. The van der Waals surface area contributed by atoms with Gasteiger partial charge in [-0.25, -0.2) is 0 Å².